The predicted octanol–water partition coefficient (Wildman–Crippen LogP) is 0.0790. The van der Waals surface area contributed by atoms with Crippen LogP contribution in [0.3, 0.4) is 0 Å². The van der Waals surface area contributed by atoms with Crippen LogP contribution >= 0.6 is 0 Å². The Hall–Kier alpha value is -3.10. The summed E-state index contributed by atoms with van der Waals surface area (Å²) in [4.78, 5) is 13.8. The molecule has 2 aromatic heterocycles. The van der Waals surface area contributed by atoms with Crippen LogP contribution in [-0.2, 0) is 0 Å². The fraction of sp³-hybridized carbons (Fsp3) is 0.167. The summed E-state index contributed by atoms with van der Waals surface area (Å²) in [7, 11) is 3.02. The number of nitrogens with one attached hydrogen (secondary N) is 1. The number of aromatic amines is 1. The third-order valence-corrected chi connectivity index (χ3v) is 2.91. The third kappa shape index (κ3) is 2.04. The normalized spacial score (nSPS) is 10.8. The molecular weight excluding hydrogens is 276 g/mol. The highest BCUT2D eigenvalue weighted by molar-refractivity contribution is 5.74. The van der Waals surface area contributed by atoms with Crippen molar-refractivity contribution in [2.75, 3.05) is 20.0 Å². The lowest BCUT2D eigenvalue weighted by atomic mass is 10.1. The first kappa shape index (κ1) is 12.9. The van der Waals surface area contributed by atoms with Gasteiger partial charge in [0.15, 0.2) is 17.3 Å². The molecule has 0 aliphatic heterocycles. The molecule has 0 bridgehead atoms. The molecule has 108 valence electrons. The molecule has 0 spiro atoms. The Morgan fingerprint density at radius 2 is 2.05 bits per heavy atom. The molecule has 0 fully saturated rings. The summed E-state index contributed by atoms with van der Waals surface area (Å²) < 4.78 is 12.0. The second kappa shape index (κ2) is 4.78. The van der Waals surface area contributed by atoms with Crippen molar-refractivity contribution in [3.8, 4) is 22.9 Å². The number of nitrogen functional groups attached to an aromatic ring is 1. The zero-order valence-electron chi connectivity index (χ0n) is 11.3. The molecular formula is C12H12N6O3. The predicted molar refractivity (Wildman–Crippen MR) is 74.4 cm³/mol. The van der Waals surface area contributed by atoms with E-state index in [0.29, 0.717) is 28.6 Å². The minimum absolute atomic E-state index is 0.223. The average Bonchev–Trinajstić information content (AvgIpc) is 2.88. The Labute approximate surface area is 118 Å². The van der Waals surface area contributed by atoms with Crippen LogP contribution in [-0.4, -0.2) is 39.0 Å². The van der Waals surface area contributed by atoms with Gasteiger partial charge in [-0.1, -0.05) is 0 Å². The zero-order valence-corrected chi connectivity index (χ0v) is 11.3. The van der Waals surface area contributed by atoms with Crippen molar-refractivity contribution < 1.29 is 9.47 Å². The maximum atomic E-state index is 11.2. The van der Waals surface area contributed by atoms with E-state index >= 15 is 0 Å². The van der Waals surface area contributed by atoms with Gasteiger partial charge in [0.1, 0.15) is 6.20 Å². The number of hydrogen-bond acceptors (Lipinski definition) is 7. The van der Waals surface area contributed by atoms with Gasteiger partial charge < -0.3 is 15.2 Å². The quantitative estimate of drug-likeness (QED) is 0.654. The van der Waals surface area contributed by atoms with E-state index in [2.05, 4.69) is 20.3 Å². The first-order valence-electron chi connectivity index (χ1n) is 5.96. The fourth-order valence-electron chi connectivity index (χ4n) is 2.04. The number of rotatable bonds is 3. The van der Waals surface area contributed by atoms with Crippen molar-refractivity contribution in [1.82, 2.24) is 24.8 Å². The smallest absolute Gasteiger partial charge is 0.271 e. The SMILES string of the molecule is COc1cc(N)cc(-c2nnc3[nH]c(=O)cnn23)c1OC. The summed E-state index contributed by atoms with van der Waals surface area (Å²) in [5.41, 5.74) is 6.53. The molecule has 1 aromatic carbocycles. The van der Waals surface area contributed by atoms with Crippen molar-refractivity contribution >= 4 is 11.5 Å². The van der Waals surface area contributed by atoms with Crippen molar-refractivity contribution in [2.24, 2.45) is 0 Å². The molecule has 0 amide bonds. The van der Waals surface area contributed by atoms with Crippen LogP contribution in [0.1, 0.15) is 0 Å². The van der Waals surface area contributed by atoms with Gasteiger partial charge in [-0.25, -0.2) is 0 Å². The largest absolute Gasteiger partial charge is 0.493 e. The molecule has 3 N–H and O–H groups in total. The van der Waals surface area contributed by atoms with Gasteiger partial charge in [-0.15, -0.1) is 10.2 Å². The topological polar surface area (TPSA) is 120 Å². The number of hydrogen-bond donors (Lipinski definition) is 2. The maximum Gasteiger partial charge on any atom is 0.271 e. The van der Waals surface area contributed by atoms with E-state index in [4.69, 9.17) is 15.2 Å². The first-order chi connectivity index (χ1) is 10.1. The summed E-state index contributed by atoms with van der Waals surface area (Å²) in [6.45, 7) is 0. The van der Waals surface area contributed by atoms with Gasteiger partial charge in [-0.3, -0.25) is 9.78 Å². The second-order valence-corrected chi connectivity index (χ2v) is 4.20. The molecule has 0 radical (unpaired) electrons. The van der Waals surface area contributed by atoms with Crippen molar-refractivity contribution in [2.45, 2.75) is 0 Å². The molecule has 9 nitrogen and oxygen atoms in total. The number of methoxy groups -OCH3 is 2. The van der Waals surface area contributed by atoms with Crippen LogP contribution in [0.4, 0.5) is 5.69 Å². The van der Waals surface area contributed by atoms with Gasteiger partial charge in [0.05, 0.1) is 19.8 Å². The maximum absolute atomic E-state index is 11.2. The van der Waals surface area contributed by atoms with Crippen molar-refractivity contribution in [1.29, 1.82) is 0 Å². The van der Waals surface area contributed by atoms with E-state index < -0.39 is 0 Å². The summed E-state index contributed by atoms with van der Waals surface area (Å²) in [5.74, 6) is 1.52. The number of benzene rings is 1. The van der Waals surface area contributed by atoms with Gasteiger partial charge in [-0.05, 0) is 6.07 Å². The van der Waals surface area contributed by atoms with Gasteiger partial charge in [0, 0.05) is 11.8 Å². The fourth-order valence-corrected chi connectivity index (χ4v) is 2.04. The van der Waals surface area contributed by atoms with Crippen LogP contribution in [0, 0.1) is 0 Å². The average molecular weight is 288 g/mol. The first-order valence-corrected chi connectivity index (χ1v) is 5.96. The van der Waals surface area contributed by atoms with E-state index in [-0.39, 0.29) is 11.3 Å². The van der Waals surface area contributed by atoms with Crippen LogP contribution in [0.25, 0.3) is 17.2 Å². The number of aromatic nitrogens is 5. The minimum atomic E-state index is -0.362. The highest BCUT2D eigenvalue weighted by atomic mass is 16.5. The second-order valence-electron chi connectivity index (χ2n) is 4.20. The van der Waals surface area contributed by atoms with E-state index in [0.717, 1.165) is 6.20 Å². The Morgan fingerprint density at radius 1 is 1.24 bits per heavy atom. The number of nitrogens with zero attached hydrogens (tertiary/aromatic N) is 4. The molecule has 3 rings (SSSR count). The molecule has 0 aliphatic rings. The molecule has 0 unspecified atom stereocenters. The molecule has 0 atom stereocenters. The zero-order chi connectivity index (χ0) is 15.0. The number of anilines is 1. The number of nitrogens with two attached hydrogens (primary N) is 1. The van der Waals surface area contributed by atoms with Crippen molar-refractivity contribution in [3.05, 3.63) is 28.7 Å². The Balaban J connectivity index is 2.32. The monoisotopic (exact) mass is 288 g/mol. The van der Waals surface area contributed by atoms with Crippen molar-refractivity contribution in [3.63, 3.8) is 0 Å². The third-order valence-electron chi connectivity index (χ3n) is 2.91. The lowest BCUT2D eigenvalue weighted by Crippen LogP contribution is -2.10. The minimum Gasteiger partial charge on any atom is -0.493 e. The van der Waals surface area contributed by atoms with Gasteiger partial charge in [0.2, 0.25) is 0 Å². The Kier molecular flexibility index (Phi) is 2.94. The number of H-pyrrole nitrogens is 1. The highest BCUT2D eigenvalue weighted by Gasteiger charge is 2.19. The summed E-state index contributed by atoms with van der Waals surface area (Å²) in [5, 5.41) is 11.9. The van der Waals surface area contributed by atoms with E-state index in [1.54, 1.807) is 12.1 Å². The van der Waals surface area contributed by atoms with Crippen LogP contribution in [0.2, 0.25) is 0 Å². The summed E-state index contributed by atoms with van der Waals surface area (Å²) in [6.07, 6.45) is 1.13. The van der Waals surface area contributed by atoms with Gasteiger partial charge in [0.25, 0.3) is 11.3 Å². The molecule has 3 aromatic rings. The van der Waals surface area contributed by atoms with Crippen LogP contribution in [0.5, 0.6) is 11.5 Å². The van der Waals surface area contributed by atoms with Gasteiger partial charge >= 0.3 is 0 Å². The Morgan fingerprint density at radius 3 is 2.76 bits per heavy atom. The lowest BCUT2D eigenvalue weighted by molar-refractivity contribution is 0.356. The summed E-state index contributed by atoms with van der Waals surface area (Å²) in [6, 6.07) is 3.31. The lowest BCUT2D eigenvalue weighted by Gasteiger charge is -2.12. The highest BCUT2D eigenvalue weighted by Crippen LogP contribution is 2.39. The molecule has 0 saturated carbocycles. The van der Waals surface area contributed by atoms with Crippen LogP contribution in [0.15, 0.2) is 23.1 Å². The Bertz CT molecular complexity index is 869. The molecule has 2 heterocycles. The number of ether oxygens (including phenoxy) is 2. The molecule has 0 saturated heterocycles. The van der Waals surface area contributed by atoms with E-state index in [1.807, 2.05) is 0 Å². The van der Waals surface area contributed by atoms with E-state index in [1.165, 1.54) is 18.7 Å². The molecule has 0 aliphatic carbocycles. The standard InChI is InChI=1S/C12H12N6O3/c1-20-8-4-6(13)3-7(10(8)21-2)11-16-17-12-15-9(19)5-14-18(11)12/h3-5H,13H2,1-2H3,(H,15,17,19). The van der Waals surface area contributed by atoms with Crippen LogP contribution < -0.4 is 20.8 Å². The van der Waals surface area contributed by atoms with Gasteiger partial charge in [-0.2, -0.15) is 9.61 Å². The number of fused-ring (bicyclic) bond motifs is 1. The van der Waals surface area contributed by atoms with E-state index in [9.17, 15) is 4.79 Å². The molecule has 9 heteroatoms. The summed E-state index contributed by atoms with van der Waals surface area (Å²) >= 11 is 0. The molecule has 21 heavy (non-hydrogen) atoms.